The van der Waals surface area contributed by atoms with Crippen LogP contribution in [-0.2, 0) is 19.9 Å². The highest BCUT2D eigenvalue weighted by molar-refractivity contribution is 7.92. The van der Waals surface area contributed by atoms with Crippen LogP contribution in [0.25, 0.3) is 0 Å². The van der Waals surface area contributed by atoms with Crippen LogP contribution in [-0.4, -0.2) is 34.4 Å². The van der Waals surface area contributed by atoms with Gasteiger partial charge in [0.1, 0.15) is 6.07 Å². The van der Waals surface area contributed by atoms with E-state index in [1.165, 1.54) is 18.2 Å². The fourth-order valence-corrected chi connectivity index (χ4v) is 5.39. The van der Waals surface area contributed by atoms with Crippen LogP contribution >= 0.6 is 11.6 Å². The van der Waals surface area contributed by atoms with Crippen LogP contribution < -0.4 is 4.72 Å². The lowest BCUT2D eigenvalue weighted by Crippen LogP contribution is -2.34. The number of halogens is 1. The largest absolute Gasteiger partial charge is 0.240 e. The number of hydrogen-bond acceptors (Lipinski definition) is 5. The van der Waals surface area contributed by atoms with Gasteiger partial charge < -0.3 is 0 Å². The molecule has 1 saturated heterocycles. The molecule has 114 valence electrons. The van der Waals surface area contributed by atoms with Crippen LogP contribution in [0.4, 0.5) is 0 Å². The van der Waals surface area contributed by atoms with Gasteiger partial charge in [-0.25, -0.2) is 21.6 Å². The molecule has 1 fully saturated rings. The summed E-state index contributed by atoms with van der Waals surface area (Å²) in [5.41, 5.74) is 0.175. The number of nitrogens with one attached hydrogen (secondary N) is 1. The Morgan fingerprint density at radius 2 is 2.14 bits per heavy atom. The molecule has 1 N–H and O–H groups in total. The molecule has 0 amide bonds. The average Bonchev–Trinajstić information content (AvgIpc) is 2.75. The molecule has 0 spiro atoms. The number of hydrogen-bond donors (Lipinski definition) is 1. The van der Waals surface area contributed by atoms with Crippen LogP contribution in [0.3, 0.4) is 0 Å². The van der Waals surface area contributed by atoms with E-state index in [-0.39, 0.29) is 27.8 Å². The summed E-state index contributed by atoms with van der Waals surface area (Å²) in [6.45, 7) is -0.151. The molecule has 0 aliphatic carbocycles. The molecule has 1 atom stereocenters. The lowest BCUT2D eigenvalue weighted by atomic mass is 10.2. The topological polar surface area (TPSA) is 104 Å². The first kappa shape index (κ1) is 16.2. The van der Waals surface area contributed by atoms with Crippen LogP contribution in [0.5, 0.6) is 0 Å². The lowest BCUT2D eigenvalue weighted by Gasteiger charge is -2.11. The molecule has 1 unspecified atom stereocenters. The Kier molecular flexibility index (Phi) is 4.58. The van der Waals surface area contributed by atoms with E-state index in [0.29, 0.717) is 12.8 Å². The first-order valence-electron chi connectivity index (χ1n) is 6.17. The smallest absolute Gasteiger partial charge is 0.229 e. The molecule has 1 aromatic carbocycles. The molecule has 1 aromatic rings. The summed E-state index contributed by atoms with van der Waals surface area (Å²) < 4.78 is 49.8. The molecule has 0 bridgehead atoms. The third-order valence-electron chi connectivity index (χ3n) is 3.34. The Balaban J connectivity index is 2.16. The van der Waals surface area contributed by atoms with E-state index < -0.39 is 25.1 Å². The van der Waals surface area contributed by atoms with Crippen molar-refractivity contribution in [1.82, 2.24) is 4.72 Å². The second-order valence-electron chi connectivity index (χ2n) is 4.74. The highest BCUT2D eigenvalue weighted by atomic mass is 35.5. The molecule has 0 saturated carbocycles. The summed E-state index contributed by atoms with van der Waals surface area (Å²) in [6.07, 6.45) is 1.01. The van der Waals surface area contributed by atoms with Crippen LogP contribution in [0.1, 0.15) is 18.4 Å². The number of nitriles is 1. The minimum absolute atomic E-state index is 0.0360. The zero-order chi connectivity index (χ0) is 15.7. The number of sulfonamides is 1. The van der Waals surface area contributed by atoms with Crippen molar-refractivity contribution < 1.29 is 16.8 Å². The summed E-state index contributed by atoms with van der Waals surface area (Å²) in [5, 5.41) is 8.11. The van der Waals surface area contributed by atoms with Crippen molar-refractivity contribution in [3.05, 3.63) is 28.8 Å². The van der Waals surface area contributed by atoms with Crippen molar-refractivity contribution in [2.45, 2.75) is 23.0 Å². The van der Waals surface area contributed by atoms with Crippen LogP contribution in [0.2, 0.25) is 5.02 Å². The van der Waals surface area contributed by atoms with E-state index in [4.69, 9.17) is 16.9 Å². The van der Waals surface area contributed by atoms with E-state index in [1.54, 1.807) is 0 Å². The van der Waals surface area contributed by atoms with Gasteiger partial charge in [0.15, 0.2) is 9.84 Å². The van der Waals surface area contributed by atoms with Crippen LogP contribution in [0.15, 0.2) is 23.1 Å². The summed E-state index contributed by atoms with van der Waals surface area (Å²) >= 11 is 5.80. The minimum atomic E-state index is -3.85. The maximum absolute atomic E-state index is 12.1. The zero-order valence-corrected chi connectivity index (χ0v) is 13.3. The summed E-state index contributed by atoms with van der Waals surface area (Å²) in [6, 6.07) is 5.58. The van der Waals surface area contributed by atoms with Gasteiger partial charge in [-0.05, 0) is 31.0 Å². The second kappa shape index (κ2) is 5.93. The van der Waals surface area contributed by atoms with Crippen LogP contribution in [0, 0.1) is 11.3 Å². The lowest BCUT2D eigenvalue weighted by molar-refractivity contribution is 0.571. The number of rotatable bonds is 4. The van der Waals surface area contributed by atoms with Gasteiger partial charge in [0.2, 0.25) is 10.0 Å². The number of benzene rings is 1. The van der Waals surface area contributed by atoms with Crippen molar-refractivity contribution in [3.8, 4) is 6.07 Å². The van der Waals surface area contributed by atoms with Gasteiger partial charge in [0.25, 0.3) is 0 Å². The molecule has 0 aromatic heterocycles. The third kappa shape index (κ3) is 3.55. The summed E-state index contributed by atoms with van der Waals surface area (Å²) in [7, 11) is -7.06. The Bertz CT molecular complexity index is 797. The number of nitrogens with zero attached hydrogens (tertiary/aromatic N) is 1. The minimum Gasteiger partial charge on any atom is -0.229 e. The predicted molar refractivity (Wildman–Crippen MR) is 78.2 cm³/mol. The first-order valence-corrected chi connectivity index (χ1v) is 9.75. The molecule has 2 rings (SSSR count). The standard InChI is InChI=1S/C12H13ClN2O4S2/c13-12-6-10(4-3-9(12)7-14)21(18,19)15-8-11-2-1-5-20(11,16)17/h3-4,6,11,15H,1-2,5,8H2. The molecule has 1 aliphatic heterocycles. The SMILES string of the molecule is N#Cc1ccc(S(=O)(=O)NCC2CCCS2(=O)=O)cc1Cl. The molecular weight excluding hydrogens is 336 g/mol. The van der Waals surface area contributed by atoms with Gasteiger partial charge in [-0.15, -0.1) is 0 Å². The second-order valence-corrected chi connectivity index (χ2v) is 9.31. The predicted octanol–water partition coefficient (Wildman–Crippen LogP) is 1.07. The van der Waals surface area contributed by atoms with Gasteiger partial charge in [-0.3, -0.25) is 0 Å². The molecule has 6 nitrogen and oxygen atoms in total. The van der Waals surface area contributed by atoms with E-state index in [1.807, 2.05) is 6.07 Å². The van der Waals surface area contributed by atoms with Crippen molar-refractivity contribution in [3.63, 3.8) is 0 Å². The average molecular weight is 349 g/mol. The van der Waals surface area contributed by atoms with Gasteiger partial charge in [0.05, 0.1) is 26.5 Å². The summed E-state index contributed by atoms with van der Waals surface area (Å²) in [5.74, 6) is 0.0993. The highest BCUT2D eigenvalue weighted by Gasteiger charge is 2.32. The fraction of sp³-hybridized carbons (Fsp3) is 0.417. The molecule has 0 radical (unpaired) electrons. The van der Waals surface area contributed by atoms with Gasteiger partial charge in [-0.1, -0.05) is 11.6 Å². The Morgan fingerprint density at radius 1 is 1.43 bits per heavy atom. The first-order chi connectivity index (χ1) is 9.76. The van der Waals surface area contributed by atoms with Crippen molar-refractivity contribution in [2.75, 3.05) is 12.3 Å². The molecule has 1 aliphatic rings. The van der Waals surface area contributed by atoms with E-state index in [9.17, 15) is 16.8 Å². The molecule has 9 heteroatoms. The normalized spacial score (nSPS) is 21.0. The maximum Gasteiger partial charge on any atom is 0.240 e. The Labute approximate surface area is 128 Å². The third-order valence-corrected chi connectivity index (χ3v) is 7.34. The maximum atomic E-state index is 12.1. The van der Waals surface area contributed by atoms with Gasteiger partial charge >= 0.3 is 0 Å². The highest BCUT2D eigenvalue weighted by Crippen LogP contribution is 2.22. The van der Waals surface area contributed by atoms with Gasteiger partial charge in [-0.2, -0.15) is 5.26 Å². The number of sulfone groups is 1. The summed E-state index contributed by atoms with van der Waals surface area (Å²) in [4.78, 5) is -0.0955. The van der Waals surface area contributed by atoms with E-state index in [0.717, 1.165) is 0 Å². The van der Waals surface area contributed by atoms with Crippen molar-refractivity contribution in [2.24, 2.45) is 0 Å². The monoisotopic (exact) mass is 348 g/mol. The molecule has 1 heterocycles. The molecule has 21 heavy (non-hydrogen) atoms. The molecular formula is C12H13ClN2O4S2. The fourth-order valence-electron chi connectivity index (χ4n) is 2.13. The zero-order valence-electron chi connectivity index (χ0n) is 10.9. The Hall–Kier alpha value is -1.14. The Morgan fingerprint density at radius 3 is 2.67 bits per heavy atom. The van der Waals surface area contributed by atoms with E-state index in [2.05, 4.69) is 4.72 Å². The quantitative estimate of drug-likeness (QED) is 0.876. The van der Waals surface area contributed by atoms with Crippen molar-refractivity contribution >= 4 is 31.5 Å². The van der Waals surface area contributed by atoms with Crippen molar-refractivity contribution in [1.29, 1.82) is 5.26 Å². The van der Waals surface area contributed by atoms with Gasteiger partial charge in [0, 0.05) is 6.54 Å². The van der Waals surface area contributed by atoms with E-state index >= 15 is 0 Å².